The van der Waals surface area contributed by atoms with Crippen molar-refractivity contribution >= 4 is 5.69 Å². The summed E-state index contributed by atoms with van der Waals surface area (Å²) in [6.07, 6.45) is 4.89. The van der Waals surface area contributed by atoms with E-state index in [0.717, 1.165) is 13.0 Å². The molecule has 1 saturated heterocycles. The first-order chi connectivity index (χ1) is 8.68. The quantitative estimate of drug-likeness (QED) is 0.884. The predicted octanol–water partition coefficient (Wildman–Crippen LogP) is 3.20. The van der Waals surface area contributed by atoms with Gasteiger partial charge in [0.15, 0.2) is 0 Å². The summed E-state index contributed by atoms with van der Waals surface area (Å²) < 4.78 is 0. The van der Waals surface area contributed by atoms with E-state index in [4.69, 9.17) is 5.73 Å². The zero-order valence-electron chi connectivity index (χ0n) is 11.8. The molecule has 1 fully saturated rings. The number of nitrogens with two attached hydrogens (primary N) is 1. The van der Waals surface area contributed by atoms with Crippen molar-refractivity contribution in [2.45, 2.75) is 39.5 Å². The maximum absolute atomic E-state index is 5.71. The Morgan fingerprint density at radius 3 is 2.50 bits per heavy atom. The molecule has 0 bridgehead atoms. The molecule has 0 unspecified atom stereocenters. The molecule has 1 aromatic rings. The second-order valence-electron chi connectivity index (χ2n) is 5.82. The van der Waals surface area contributed by atoms with Crippen LogP contribution in [0.5, 0.6) is 0 Å². The van der Waals surface area contributed by atoms with Crippen molar-refractivity contribution in [1.29, 1.82) is 0 Å². The lowest BCUT2D eigenvalue weighted by Crippen LogP contribution is -2.38. The third-order valence-corrected chi connectivity index (χ3v) is 4.57. The fourth-order valence-corrected chi connectivity index (χ4v) is 2.83. The Labute approximate surface area is 111 Å². The summed E-state index contributed by atoms with van der Waals surface area (Å²) in [7, 11) is 0. The summed E-state index contributed by atoms with van der Waals surface area (Å²) >= 11 is 0. The van der Waals surface area contributed by atoms with Crippen LogP contribution >= 0.6 is 0 Å². The Bertz CT molecular complexity index is 378. The van der Waals surface area contributed by atoms with Gasteiger partial charge in [-0.05, 0) is 42.9 Å². The molecule has 0 amide bonds. The van der Waals surface area contributed by atoms with Crippen LogP contribution in [-0.4, -0.2) is 19.6 Å². The Morgan fingerprint density at radius 1 is 1.22 bits per heavy atom. The Morgan fingerprint density at radius 2 is 1.89 bits per heavy atom. The largest absolute Gasteiger partial charge is 0.371 e. The van der Waals surface area contributed by atoms with Gasteiger partial charge >= 0.3 is 0 Å². The predicted molar refractivity (Wildman–Crippen MR) is 79.0 cm³/mol. The topological polar surface area (TPSA) is 29.3 Å². The Hall–Kier alpha value is -1.02. The van der Waals surface area contributed by atoms with Crippen LogP contribution in [0.2, 0.25) is 0 Å². The van der Waals surface area contributed by atoms with Crippen molar-refractivity contribution in [2.24, 2.45) is 11.1 Å². The zero-order chi connectivity index (χ0) is 13.0. The Balaban J connectivity index is 2.09. The average molecular weight is 246 g/mol. The molecule has 1 aromatic carbocycles. The SMILES string of the molecule is CCC1(C)CCN(c2ccccc2CCN)CC1. The molecule has 0 aliphatic carbocycles. The number of rotatable bonds is 4. The smallest absolute Gasteiger partial charge is 0.0399 e. The average Bonchev–Trinajstić information content (AvgIpc) is 2.41. The third-order valence-electron chi connectivity index (χ3n) is 4.57. The fourth-order valence-electron chi connectivity index (χ4n) is 2.83. The minimum Gasteiger partial charge on any atom is -0.371 e. The van der Waals surface area contributed by atoms with Gasteiger partial charge in [-0.1, -0.05) is 38.5 Å². The van der Waals surface area contributed by atoms with Gasteiger partial charge < -0.3 is 10.6 Å². The van der Waals surface area contributed by atoms with Crippen LogP contribution < -0.4 is 10.6 Å². The van der Waals surface area contributed by atoms with Gasteiger partial charge in [-0.3, -0.25) is 0 Å². The highest BCUT2D eigenvalue weighted by Gasteiger charge is 2.28. The highest BCUT2D eigenvalue weighted by atomic mass is 15.1. The van der Waals surface area contributed by atoms with Gasteiger partial charge in [0.05, 0.1) is 0 Å². The summed E-state index contributed by atoms with van der Waals surface area (Å²) in [5.74, 6) is 0. The molecule has 1 aliphatic heterocycles. The molecule has 0 saturated carbocycles. The first-order valence-corrected chi connectivity index (χ1v) is 7.21. The number of para-hydroxylation sites is 1. The highest BCUT2D eigenvalue weighted by Crippen LogP contribution is 2.36. The summed E-state index contributed by atoms with van der Waals surface area (Å²) in [4.78, 5) is 2.54. The molecular formula is C16H26N2. The van der Waals surface area contributed by atoms with Gasteiger partial charge in [-0.15, -0.1) is 0 Å². The molecule has 1 aliphatic rings. The molecule has 0 aromatic heterocycles. The van der Waals surface area contributed by atoms with Crippen LogP contribution in [0, 0.1) is 5.41 Å². The number of nitrogens with zero attached hydrogens (tertiary/aromatic N) is 1. The fraction of sp³-hybridized carbons (Fsp3) is 0.625. The molecule has 0 radical (unpaired) electrons. The van der Waals surface area contributed by atoms with Gasteiger partial charge in [-0.2, -0.15) is 0 Å². The van der Waals surface area contributed by atoms with Crippen molar-refractivity contribution in [3.8, 4) is 0 Å². The van der Waals surface area contributed by atoms with E-state index in [2.05, 4.69) is 43.0 Å². The highest BCUT2D eigenvalue weighted by molar-refractivity contribution is 5.54. The van der Waals surface area contributed by atoms with Crippen LogP contribution in [0.3, 0.4) is 0 Å². The first-order valence-electron chi connectivity index (χ1n) is 7.21. The molecule has 2 N–H and O–H groups in total. The van der Waals surface area contributed by atoms with Gasteiger partial charge in [0.25, 0.3) is 0 Å². The lowest BCUT2D eigenvalue weighted by Gasteiger charge is -2.40. The van der Waals surface area contributed by atoms with Crippen LogP contribution in [0.4, 0.5) is 5.69 Å². The van der Waals surface area contributed by atoms with Gasteiger partial charge in [0.1, 0.15) is 0 Å². The molecule has 2 nitrogen and oxygen atoms in total. The minimum absolute atomic E-state index is 0.555. The maximum atomic E-state index is 5.71. The summed E-state index contributed by atoms with van der Waals surface area (Å²) in [5, 5.41) is 0. The molecule has 18 heavy (non-hydrogen) atoms. The number of piperidine rings is 1. The molecule has 0 atom stereocenters. The van der Waals surface area contributed by atoms with E-state index in [1.165, 1.54) is 43.6 Å². The summed E-state index contributed by atoms with van der Waals surface area (Å²) in [6.45, 7) is 7.85. The van der Waals surface area contributed by atoms with Crippen molar-refractivity contribution < 1.29 is 0 Å². The van der Waals surface area contributed by atoms with Gasteiger partial charge in [0, 0.05) is 18.8 Å². The van der Waals surface area contributed by atoms with E-state index in [9.17, 15) is 0 Å². The van der Waals surface area contributed by atoms with E-state index in [1.807, 2.05) is 0 Å². The molecular weight excluding hydrogens is 220 g/mol. The molecule has 2 rings (SSSR count). The number of anilines is 1. The van der Waals surface area contributed by atoms with Crippen molar-refractivity contribution in [2.75, 3.05) is 24.5 Å². The van der Waals surface area contributed by atoms with Crippen LogP contribution in [0.15, 0.2) is 24.3 Å². The molecule has 1 heterocycles. The number of benzene rings is 1. The Kier molecular flexibility index (Phi) is 4.28. The van der Waals surface area contributed by atoms with Crippen molar-refractivity contribution in [1.82, 2.24) is 0 Å². The normalized spacial score (nSPS) is 18.9. The molecule has 2 heteroatoms. The van der Waals surface area contributed by atoms with Gasteiger partial charge in [0.2, 0.25) is 0 Å². The maximum Gasteiger partial charge on any atom is 0.0399 e. The van der Waals surface area contributed by atoms with E-state index >= 15 is 0 Å². The van der Waals surface area contributed by atoms with E-state index in [-0.39, 0.29) is 0 Å². The van der Waals surface area contributed by atoms with E-state index < -0.39 is 0 Å². The minimum atomic E-state index is 0.555. The van der Waals surface area contributed by atoms with Crippen molar-refractivity contribution in [3.63, 3.8) is 0 Å². The summed E-state index contributed by atoms with van der Waals surface area (Å²) in [6, 6.07) is 8.73. The standard InChI is InChI=1S/C16H26N2/c1-3-16(2)9-12-18(13-10-16)15-7-5-4-6-14(15)8-11-17/h4-7H,3,8-13,17H2,1-2H3. The molecule has 0 spiro atoms. The number of hydrogen-bond donors (Lipinski definition) is 1. The van der Waals surface area contributed by atoms with Crippen LogP contribution in [0.25, 0.3) is 0 Å². The van der Waals surface area contributed by atoms with Crippen molar-refractivity contribution in [3.05, 3.63) is 29.8 Å². The third kappa shape index (κ3) is 2.86. The second kappa shape index (κ2) is 5.75. The first kappa shape index (κ1) is 13.4. The second-order valence-corrected chi connectivity index (χ2v) is 5.82. The van der Waals surface area contributed by atoms with Gasteiger partial charge in [-0.25, -0.2) is 0 Å². The molecule has 100 valence electrons. The van der Waals surface area contributed by atoms with E-state index in [0.29, 0.717) is 5.41 Å². The monoisotopic (exact) mass is 246 g/mol. The van der Waals surface area contributed by atoms with Crippen LogP contribution in [-0.2, 0) is 6.42 Å². The summed E-state index contributed by atoms with van der Waals surface area (Å²) in [5.41, 5.74) is 9.07. The van der Waals surface area contributed by atoms with E-state index in [1.54, 1.807) is 0 Å². The zero-order valence-corrected chi connectivity index (χ0v) is 11.8. The van der Waals surface area contributed by atoms with Crippen LogP contribution in [0.1, 0.15) is 38.7 Å². The number of hydrogen-bond acceptors (Lipinski definition) is 2. The lowest BCUT2D eigenvalue weighted by atomic mass is 9.78. The lowest BCUT2D eigenvalue weighted by molar-refractivity contribution is 0.238.